The molecule has 0 aromatic carbocycles. The zero-order chi connectivity index (χ0) is 9.78. The van der Waals surface area contributed by atoms with Crippen molar-refractivity contribution in [3.05, 3.63) is 0 Å². The number of hydrogen-bond acceptors (Lipinski definition) is 4. The van der Waals surface area contributed by atoms with Gasteiger partial charge < -0.3 is 25.7 Å². The molecular formula is C8H21N2O3+. The summed E-state index contributed by atoms with van der Waals surface area (Å²) in [6.45, 7) is 5.12. The monoisotopic (exact) mass is 193 g/mol. The van der Waals surface area contributed by atoms with Crippen molar-refractivity contribution in [1.29, 1.82) is 0 Å². The molecule has 0 rings (SSSR count). The second-order valence-corrected chi connectivity index (χ2v) is 2.48. The molecule has 80 valence electrons. The van der Waals surface area contributed by atoms with Gasteiger partial charge in [0.2, 0.25) is 0 Å². The average molecular weight is 193 g/mol. The van der Waals surface area contributed by atoms with E-state index in [0.717, 1.165) is 6.54 Å². The van der Waals surface area contributed by atoms with Crippen LogP contribution in [0.4, 0.5) is 0 Å². The lowest BCUT2D eigenvalue weighted by Crippen LogP contribution is -2.52. The Morgan fingerprint density at radius 3 is 1.69 bits per heavy atom. The van der Waals surface area contributed by atoms with Gasteiger partial charge in [0.1, 0.15) is 0 Å². The van der Waals surface area contributed by atoms with Crippen molar-refractivity contribution in [2.45, 2.75) is 0 Å². The van der Waals surface area contributed by atoms with Crippen molar-refractivity contribution in [2.24, 2.45) is 5.73 Å². The lowest BCUT2D eigenvalue weighted by atomic mass is 10.7. The van der Waals surface area contributed by atoms with Gasteiger partial charge in [-0.3, -0.25) is 0 Å². The minimum atomic E-state index is 0.562. The van der Waals surface area contributed by atoms with Crippen molar-refractivity contribution in [3.63, 3.8) is 0 Å². The molecule has 0 aliphatic heterocycles. The van der Waals surface area contributed by atoms with Gasteiger partial charge in [0, 0.05) is 6.54 Å². The first-order valence-electron chi connectivity index (χ1n) is 4.64. The Hall–Kier alpha value is -0.200. The third kappa shape index (κ3) is 11.8. The van der Waals surface area contributed by atoms with E-state index in [1.165, 1.54) is 0 Å². The van der Waals surface area contributed by atoms with Crippen LogP contribution in [0, 0.1) is 0 Å². The molecule has 0 fully saturated rings. The van der Waals surface area contributed by atoms with Crippen LogP contribution >= 0.6 is 0 Å². The van der Waals surface area contributed by atoms with Crippen LogP contribution in [-0.2, 0) is 14.2 Å². The molecule has 0 aliphatic rings. The van der Waals surface area contributed by atoms with E-state index in [1.54, 1.807) is 0 Å². The van der Waals surface area contributed by atoms with Crippen molar-refractivity contribution < 1.29 is 19.9 Å². The molecule has 0 aliphatic carbocycles. The maximum atomic E-state index is 5.23. The van der Waals surface area contributed by atoms with Crippen LogP contribution in [0.2, 0.25) is 0 Å². The molecule has 0 spiro atoms. The highest BCUT2D eigenvalue weighted by atomic mass is 16.5. The van der Waals surface area contributed by atoms with Gasteiger partial charge in [-0.1, -0.05) is 0 Å². The fourth-order valence-electron chi connectivity index (χ4n) is 0.727. The fraction of sp³-hybridized carbons (Fsp3) is 1.00. The van der Waals surface area contributed by atoms with Gasteiger partial charge in [0.05, 0.1) is 46.2 Å². The van der Waals surface area contributed by atoms with Gasteiger partial charge in [-0.2, -0.15) is 0 Å². The number of hydrogen-bond donors (Lipinski definition) is 2. The van der Waals surface area contributed by atoms with Crippen LogP contribution in [-0.4, -0.2) is 52.7 Å². The summed E-state index contributed by atoms with van der Waals surface area (Å²) in [6.07, 6.45) is 0. The zero-order valence-corrected chi connectivity index (χ0v) is 8.17. The van der Waals surface area contributed by atoms with Gasteiger partial charge >= 0.3 is 0 Å². The van der Waals surface area contributed by atoms with E-state index in [-0.39, 0.29) is 0 Å². The molecule has 0 aromatic heterocycles. The summed E-state index contributed by atoms with van der Waals surface area (Å²) in [5.41, 5.74) is 8.89. The minimum Gasteiger partial charge on any atom is -0.378 e. The Morgan fingerprint density at radius 2 is 1.23 bits per heavy atom. The molecule has 0 aromatic rings. The fourth-order valence-corrected chi connectivity index (χ4v) is 0.727. The van der Waals surface area contributed by atoms with Crippen LogP contribution in [0.1, 0.15) is 0 Å². The first-order chi connectivity index (χ1) is 6.41. The Bertz CT molecular complexity index is 83.5. The Labute approximate surface area is 79.3 Å². The second-order valence-electron chi connectivity index (χ2n) is 2.48. The van der Waals surface area contributed by atoms with Crippen LogP contribution in [0.25, 0.3) is 0 Å². The highest BCUT2D eigenvalue weighted by Gasteiger charge is 1.90. The topological polar surface area (TPSA) is 81.4 Å². The highest BCUT2D eigenvalue weighted by Crippen LogP contribution is 1.79. The molecule has 5 heteroatoms. The zero-order valence-electron chi connectivity index (χ0n) is 8.17. The lowest BCUT2D eigenvalue weighted by Gasteiger charge is -2.04. The predicted octanol–water partition coefficient (Wildman–Crippen LogP) is -1.76. The maximum absolute atomic E-state index is 5.23. The summed E-state index contributed by atoms with van der Waals surface area (Å²) in [5.74, 6) is 0. The van der Waals surface area contributed by atoms with E-state index >= 15 is 0 Å². The van der Waals surface area contributed by atoms with E-state index in [9.17, 15) is 0 Å². The van der Waals surface area contributed by atoms with Gasteiger partial charge in [-0.25, -0.2) is 0 Å². The molecular weight excluding hydrogens is 172 g/mol. The Morgan fingerprint density at radius 1 is 0.769 bits per heavy atom. The van der Waals surface area contributed by atoms with Gasteiger partial charge in [-0.05, 0) is 0 Å². The minimum absolute atomic E-state index is 0.562. The molecule has 0 saturated carbocycles. The summed E-state index contributed by atoms with van der Waals surface area (Å²) in [4.78, 5) is 0. The van der Waals surface area contributed by atoms with Crippen LogP contribution < -0.4 is 11.5 Å². The van der Waals surface area contributed by atoms with E-state index in [2.05, 4.69) is 5.73 Å². The first kappa shape index (κ1) is 12.8. The molecule has 13 heavy (non-hydrogen) atoms. The molecule has 5 nitrogen and oxygen atoms in total. The molecule has 0 amide bonds. The Kier molecular flexibility index (Phi) is 11.6. The average Bonchev–Trinajstić information content (AvgIpc) is 2.16. The number of ether oxygens (including phenoxy) is 3. The van der Waals surface area contributed by atoms with Crippen molar-refractivity contribution in [2.75, 3.05) is 52.7 Å². The lowest BCUT2D eigenvalue weighted by molar-refractivity contribution is -0.374. The Balaban J connectivity index is 2.76. The molecule has 0 saturated heterocycles. The molecule has 0 radical (unpaired) electrons. The third-order valence-electron chi connectivity index (χ3n) is 1.29. The second kappa shape index (κ2) is 11.8. The molecule has 0 heterocycles. The van der Waals surface area contributed by atoms with Crippen LogP contribution in [0.5, 0.6) is 0 Å². The summed E-state index contributed by atoms with van der Waals surface area (Å²) >= 11 is 0. The highest BCUT2D eigenvalue weighted by molar-refractivity contribution is 4.34. The SMILES string of the molecule is NCCOCCOCCOCC[NH3+]. The first-order valence-corrected chi connectivity index (χ1v) is 4.64. The normalized spacial score (nSPS) is 10.6. The van der Waals surface area contributed by atoms with Gasteiger partial charge in [0.25, 0.3) is 0 Å². The molecule has 0 atom stereocenters. The number of quaternary nitrogens is 1. The largest absolute Gasteiger partial charge is 0.378 e. The van der Waals surface area contributed by atoms with E-state index < -0.39 is 0 Å². The van der Waals surface area contributed by atoms with Crippen molar-refractivity contribution >= 4 is 0 Å². The van der Waals surface area contributed by atoms with Gasteiger partial charge in [-0.15, -0.1) is 0 Å². The molecule has 0 unspecified atom stereocenters. The van der Waals surface area contributed by atoms with E-state index in [1.807, 2.05) is 0 Å². The van der Waals surface area contributed by atoms with Crippen LogP contribution in [0.3, 0.4) is 0 Å². The third-order valence-corrected chi connectivity index (χ3v) is 1.29. The van der Waals surface area contributed by atoms with Crippen molar-refractivity contribution in [1.82, 2.24) is 0 Å². The quantitative estimate of drug-likeness (QED) is 0.403. The van der Waals surface area contributed by atoms with Crippen molar-refractivity contribution in [3.8, 4) is 0 Å². The summed E-state index contributed by atoms with van der Waals surface area (Å²) in [7, 11) is 0. The number of rotatable bonds is 10. The summed E-state index contributed by atoms with van der Waals surface area (Å²) in [6, 6.07) is 0. The molecule has 5 N–H and O–H groups in total. The standard InChI is InChI=1S/C8H20N2O3/c9-1-3-11-5-7-13-8-6-12-4-2-10/h1-10H2/p+1. The maximum Gasteiger partial charge on any atom is 0.0977 e. The van der Waals surface area contributed by atoms with E-state index in [0.29, 0.717) is 46.2 Å². The number of nitrogens with two attached hydrogens (primary N) is 1. The van der Waals surface area contributed by atoms with E-state index in [4.69, 9.17) is 19.9 Å². The summed E-state index contributed by atoms with van der Waals surface area (Å²) in [5, 5.41) is 0. The van der Waals surface area contributed by atoms with Crippen LogP contribution in [0.15, 0.2) is 0 Å². The predicted molar refractivity (Wildman–Crippen MR) is 49.3 cm³/mol. The van der Waals surface area contributed by atoms with Gasteiger partial charge in [0.15, 0.2) is 0 Å². The summed E-state index contributed by atoms with van der Waals surface area (Å²) < 4.78 is 15.5. The molecule has 0 bridgehead atoms. The smallest absolute Gasteiger partial charge is 0.0977 e.